The third kappa shape index (κ3) is 2.88. The Kier molecular flexibility index (Phi) is 3.84. The normalized spacial score (nSPS) is 15.7. The minimum Gasteiger partial charge on any atom is -0.376 e. The van der Waals surface area contributed by atoms with E-state index in [1.165, 1.54) is 30.5 Å². The number of hydrogen-bond acceptors (Lipinski definition) is 2. The van der Waals surface area contributed by atoms with Crippen molar-refractivity contribution in [2.24, 2.45) is 5.73 Å². The van der Waals surface area contributed by atoms with E-state index >= 15 is 0 Å². The van der Waals surface area contributed by atoms with Crippen molar-refractivity contribution in [2.45, 2.75) is 26.2 Å². The van der Waals surface area contributed by atoms with E-state index in [2.05, 4.69) is 35.3 Å². The maximum absolute atomic E-state index is 5.59. The molecule has 1 aliphatic rings. The minimum absolute atomic E-state index is 0.331. The van der Waals surface area contributed by atoms with E-state index in [1.54, 1.807) is 0 Å². The molecule has 2 rings (SSSR count). The summed E-state index contributed by atoms with van der Waals surface area (Å²) in [5.41, 5.74) is 9.05. The average molecular weight is 249 g/mol. The summed E-state index contributed by atoms with van der Waals surface area (Å²) >= 11 is 4.95. The van der Waals surface area contributed by atoms with Gasteiger partial charge >= 0.3 is 0 Å². The second-order valence-electron chi connectivity index (χ2n) is 4.51. The average Bonchev–Trinajstić information content (AvgIpc) is 2.32. The highest BCUT2D eigenvalue weighted by Gasteiger charge is 2.15. The Morgan fingerprint density at radius 2 is 2.00 bits per heavy atom. The number of para-hydroxylation sites is 1. The molecular weight excluding hydrogens is 230 g/mol. The van der Waals surface area contributed by atoms with E-state index in [9.17, 15) is 0 Å². The summed E-state index contributed by atoms with van der Waals surface area (Å²) < 4.78 is 0. The summed E-state index contributed by atoms with van der Waals surface area (Å²) in [7, 11) is 0. The molecule has 1 fully saturated rings. The molecule has 1 aromatic carbocycles. The summed E-state index contributed by atoms with van der Waals surface area (Å²) in [5, 5.41) is 3.44. The quantitative estimate of drug-likeness (QED) is 0.791. The Labute approximate surface area is 108 Å². The largest absolute Gasteiger partial charge is 0.376 e. The summed E-state index contributed by atoms with van der Waals surface area (Å²) in [6.07, 6.45) is 3.86. The zero-order valence-electron chi connectivity index (χ0n) is 10.2. The first kappa shape index (κ1) is 12.2. The second kappa shape index (κ2) is 5.36. The summed E-state index contributed by atoms with van der Waals surface area (Å²) in [6, 6.07) is 6.30. The first-order valence-corrected chi connectivity index (χ1v) is 6.50. The number of nitrogens with two attached hydrogens (primary N) is 1. The molecule has 17 heavy (non-hydrogen) atoms. The van der Waals surface area contributed by atoms with Crippen LogP contribution in [0.4, 0.5) is 11.4 Å². The fourth-order valence-electron chi connectivity index (χ4n) is 2.34. The molecule has 4 heteroatoms. The number of benzene rings is 1. The van der Waals surface area contributed by atoms with Gasteiger partial charge in [0, 0.05) is 13.1 Å². The molecule has 0 unspecified atom stereocenters. The molecule has 0 atom stereocenters. The highest BCUT2D eigenvalue weighted by molar-refractivity contribution is 7.80. The maximum atomic E-state index is 5.59. The monoisotopic (exact) mass is 249 g/mol. The van der Waals surface area contributed by atoms with E-state index in [1.807, 2.05) is 0 Å². The van der Waals surface area contributed by atoms with Crippen molar-refractivity contribution in [2.75, 3.05) is 23.3 Å². The third-order valence-corrected chi connectivity index (χ3v) is 3.30. The van der Waals surface area contributed by atoms with Crippen molar-refractivity contribution in [1.29, 1.82) is 0 Å². The standard InChI is InChI=1S/C13H19N3S/c1-10-6-5-7-11(12(10)15-13(14)17)16-8-3-2-4-9-16/h5-7H,2-4,8-9H2,1H3,(H3,14,15,17). The molecule has 0 radical (unpaired) electrons. The van der Waals surface area contributed by atoms with Crippen LogP contribution in [0.1, 0.15) is 24.8 Å². The van der Waals surface area contributed by atoms with Crippen molar-refractivity contribution in [1.82, 2.24) is 0 Å². The van der Waals surface area contributed by atoms with Gasteiger partial charge in [-0.05, 0) is 50.0 Å². The van der Waals surface area contributed by atoms with Gasteiger partial charge in [0.25, 0.3) is 0 Å². The van der Waals surface area contributed by atoms with E-state index in [0.29, 0.717) is 5.11 Å². The minimum atomic E-state index is 0.331. The number of hydrogen-bond donors (Lipinski definition) is 2. The van der Waals surface area contributed by atoms with Crippen LogP contribution in [0.5, 0.6) is 0 Å². The molecule has 0 saturated carbocycles. The van der Waals surface area contributed by atoms with Crippen LogP contribution in [0.2, 0.25) is 0 Å². The molecule has 0 aliphatic carbocycles. The van der Waals surface area contributed by atoms with Crippen molar-refractivity contribution in [3.05, 3.63) is 23.8 Å². The molecule has 0 bridgehead atoms. The fraction of sp³-hybridized carbons (Fsp3) is 0.462. The predicted molar refractivity (Wildman–Crippen MR) is 77.7 cm³/mol. The number of piperidine rings is 1. The van der Waals surface area contributed by atoms with Crippen LogP contribution >= 0.6 is 12.2 Å². The molecule has 1 aromatic rings. The zero-order valence-corrected chi connectivity index (χ0v) is 11.0. The lowest BCUT2D eigenvalue weighted by atomic mass is 10.1. The molecule has 1 saturated heterocycles. The SMILES string of the molecule is Cc1cccc(N2CCCCC2)c1NC(N)=S. The Morgan fingerprint density at radius 3 is 2.65 bits per heavy atom. The first-order valence-electron chi connectivity index (χ1n) is 6.09. The number of aryl methyl sites for hydroxylation is 1. The number of rotatable bonds is 2. The van der Waals surface area contributed by atoms with Gasteiger partial charge in [0.1, 0.15) is 0 Å². The highest BCUT2D eigenvalue weighted by atomic mass is 32.1. The van der Waals surface area contributed by atoms with Gasteiger partial charge in [0.15, 0.2) is 5.11 Å². The lowest BCUT2D eigenvalue weighted by Gasteiger charge is -2.31. The number of thiocarbonyl (C=S) groups is 1. The number of anilines is 2. The van der Waals surface area contributed by atoms with E-state index in [0.717, 1.165) is 18.8 Å². The van der Waals surface area contributed by atoms with E-state index < -0.39 is 0 Å². The maximum Gasteiger partial charge on any atom is 0.168 e. The molecule has 1 aliphatic heterocycles. The Morgan fingerprint density at radius 1 is 1.29 bits per heavy atom. The molecule has 3 nitrogen and oxygen atoms in total. The Balaban J connectivity index is 2.30. The van der Waals surface area contributed by atoms with Crippen LogP contribution in [-0.4, -0.2) is 18.2 Å². The molecule has 92 valence electrons. The summed E-state index contributed by atoms with van der Waals surface area (Å²) in [5.74, 6) is 0. The number of nitrogens with one attached hydrogen (secondary N) is 1. The third-order valence-electron chi connectivity index (χ3n) is 3.20. The van der Waals surface area contributed by atoms with Gasteiger partial charge in [-0.15, -0.1) is 0 Å². The van der Waals surface area contributed by atoms with Crippen LogP contribution in [-0.2, 0) is 0 Å². The lowest BCUT2D eigenvalue weighted by Crippen LogP contribution is -2.31. The van der Waals surface area contributed by atoms with Crippen LogP contribution in [0.3, 0.4) is 0 Å². The fourth-order valence-corrected chi connectivity index (χ4v) is 2.44. The summed E-state index contributed by atoms with van der Waals surface area (Å²) in [4.78, 5) is 2.41. The first-order chi connectivity index (χ1) is 8.18. The van der Waals surface area contributed by atoms with Crippen LogP contribution < -0.4 is 16.0 Å². The zero-order chi connectivity index (χ0) is 12.3. The second-order valence-corrected chi connectivity index (χ2v) is 4.95. The van der Waals surface area contributed by atoms with Gasteiger partial charge in [0.05, 0.1) is 11.4 Å². The number of nitrogens with zero attached hydrogens (tertiary/aromatic N) is 1. The van der Waals surface area contributed by atoms with Gasteiger partial charge in [-0.3, -0.25) is 0 Å². The lowest BCUT2D eigenvalue weighted by molar-refractivity contribution is 0.578. The van der Waals surface area contributed by atoms with Crippen molar-refractivity contribution >= 4 is 28.7 Å². The Hall–Kier alpha value is -1.29. The molecular formula is C13H19N3S. The molecule has 1 heterocycles. The predicted octanol–water partition coefficient (Wildman–Crippen LogP) is 2.64. The smallest absolute Gasteiger partial charge is 0.168 e. The topological polar surface area (TPSA) is 41.3 Å². The van der Waals surface area contributed by atoms with Crippen molar-refractivity contribution in [3.63, 3.8) is 0 Å². The van der Waals surface area contributed by atoms with Gasteiger partial charge < -0.3 is 16.0 Å². The van der Waals surface area contributed by atoms with Gasteiger partial charge in [-0.2, -0.15) is 0 Å². The van der Waals surface area contributed by atoms with E-state index in [-0.39, 0.29) is 0 Å². The van der Waals surface area contributed by atoms with Gasteiger partial charge in [0.2, 0.25) is 0 Å². The van der Waals surface area contributed by atoms with Crippen LogP contribution in [0, 0.1) is 6.92 Å². The Bertz CT molecular complexity index is 411. The van der Waals surface area contributed by atoms with Gasteiger partial charge in [-0.1, -0.05) is 12.1 Å². The molecule has 0 amide bonds. The highest BCUT2D eigenvalue weighted by Crippen LogP contribution is 2.31. The molecule has 3 N–H and O–H groups in total. The summed E-state index contributed by atoms with van der Waals surface area (Å²) in [6.45, 7) is 4.32. The molecule has 0 aromatic heterocycles. The molecule has 0 spiro atoms. The van der Waals surface area contributed by atoms with Crippen molar-refractivity contribution in [3.8, 4) is 0 Å². The van der Waals surface area contributed by atoms with Gasteiger partial charge in [-0.25, -0.2) is 0 Å². The van der Waals surface area contributed by atoms with Crippen LogP contribution in [0.25, 0.3) is 0 Å². The van der Waals surface area contributed by atoms with E-state index in [4.69, 9.17) is 18.0 Å². The van der Waals surface area contributed by atoms with Crippen molar-refractivity contribution < 1.29 is 0 Å². The van der Waals surface area contributed by atoms with Crippen LogP contribution in [0.15, 0.2) is 18.2 Å².